The van der Waals surface area contributed by atoms with Gasteiger partial charge in [0.2, 0.25) is 0 Å². The van der Waals surface area contributed by atoms with E-state index in [0.717, 1.165) is 15.6 Å². The molecule has 2 heterocycles. The van der Waals surface area contributed by atoms with Crippen LogP contribution in [0, 0.1) is 11.3 Å². The predicted molar refractivity (Wildman–Crippen MR) is 106 cm³/mol. The van der Waals surface area contributed by atoms with Crippen LogP contribution in [-0.2, 0) is 6.54 Å². The molecule has 0 saturated carbocycles. The van der Waals surface area contributed by atoms with Gasteiger partial charge < -0.3 is 10.1 Å². The van der Waals surface area contributed by atoms with Crippen LogP contribution in [0.5, 0.6) is 5.75 Å². The molecule has 0 spiro atoms. The van der Waals surface area contributed by atoms with Crippen LogP contribution in [0.3, 0.4) is 0 Å². The van der Waals surface area contributed by atoms with Gasteiger partial charge in [0, 0.05) is 17.1 Å². The Kier molecular flexibility index (Phi) is 5.27. The summed E-state index contributed by atoms with van der Waals surface area (Å²) in [5.74, 6) is -0.00489. The number of fused-ring (bicyclic) bond motifs is 1. The van der Waals surface area contributed by atoms with E-state index in [1.54, 1.807) is 6.07 Å². The van der Waals surface area contributed by atoms with Crippen LogP contribution >= 0.6 is 11.3 Å². The predicted octanol–water partition coefficient (Wildman–Crippen LogP) is 4.84. The molecular weight excluding hydrogens is 396 g/mol. The topological polar surface area (TPSA) is 83.7 Å². The third-order valence-corrected chi connectivity index (χ3v) is 5.06. The minimum atomic E-state index is -2.94. The number of nitrogens with one attached hydrogen (secondary N) is 1. The molecule has 0 fully saturated rings. The maximum absolute atomic E-state index is 12.6. The summed E-state index contributed by atoms with van der Waals surface area (Å²) in [5, 5.41) is 23.0. The van der Waals surface area contributed by atoms with Gasteiger partial charge in [0.25, 0.3) is 0 Å². The second kappa shape index (κ2) is 8.16. The largest absolute Gasteiger partial charge is 0.435 e. The van der Waals surface area contributed by atoms with Gasteiger partial charge in [-0.2, -0.15) is 14.0 Å². The molecule has 0 amide bonds. The first-order valence-electron chi connectivity index (χ1n) is 8.53. The monoisotopic (exact) mass is 409 g/mol. The van der Waals surface area contributed by atoms with Crippen molar-refractivity contribution in [2.45, 2.75) is 13.2 Å². The fourth-order valence-corrected chi connectivity index (χ4v) is 3.59. The zero-order chi connectivity index (χ0) is 20.2. The second-order valence-electron chi connectivity index (χ2n) is 5.94. The lowest BCUT2D eigenvalue weighted by atomic mass is 10.1. The Labute approximate surface area is 168 Å². The van der Waals surface area contributed by atoms with Gasteiger partial charge in [0.15, 0.2) is 0 Å². The fraction of sp³-hybridized carbons (Fsp3) is 0.100. The molecule has 0 aliphatic heterocycles. The number of benzene rings is 2. The Morgan fingerprint density at radius 3 is 2.72 bits per heavy atom. The number of rotatable bonds is 6. The molecule has 29 heavy (non-hydrogen) atoms. The number of ether oxygens (including phenoxy) is 1. The van der Waals surface area contributed by atoms with Crippen molar-refractivity contribution in [1.29, 1.82) is 5.26 Å². The smallest absolute Gasteiger partial charge is 0.387 e. The molecule has 1 N–H and O–H groups in total. The van der Waals surface area contributed by atoms with Gasteiger partial charge in [-0.15, -0.1) is 10.2 Å². The maximum Gasteiger partial charge on any atom is 0.387 e. The number of hydrogen-bond donors (Lipinski definition) is 1. The van der Waals surface area contributed by atoms with Crippen LogP contribution in [0.15, 0.2) is 54.7 Å². The van der Waals surface area contributed by atoms with E-state index in [2.05, 4.69) is 31.3 Å². The molecule has 6 nitrogen and oxygen atoms in total. The summed E-state index contributed by atoms with van der Waals surface area (Å²) in [4.78, 5) is 4.20. The highest BCUT2D eigenvalue weighted by molar-refractivity contribution is 7.14. The summed E-state index contributed by atoms with van der Waals surface area (Å²) < 4.78 is 29.6. The highest BCUT2D eigenvalue weighted by atomic mass is 32.1. The SMILES string of the molecule is N#Cc1cnc2ccc(OC(F)F)cc2c1NCc1nnc(-c2ccccc2)s1. The second-order valence-corrected chi connectivity index (χ2v) is 7.00. The molecule has 144 valence electrons. The molecule has 2 aromatic carbocycles. The average Bonchev–Trinajstić information content (AvgIpc) is 3.21. The third-order valence-electron chi connectivity index (χ3n) is 4.09. The van der Waals surface area contributed by atoms with Gasteiger partial charge in [-0.05, 0) is 18.2 Å². The maximum atomic E-state index is 12.6. The molecule has 0 atom stereocenters. The number of hydrogen-bond acceptors (Lipinski definition) is 7. The van der Waals surface area contributed by atoms with Crippen LogP contribution < -0.4 is 10.1 Å². The Hall–Kier alpha value is -3.64. The van der Waals surface area contributed by atoms with Crippen molar-refractivity contribution in [2.24, 2.45) is 0 Å². The van der Waals surface area contributed by atoms with Crippen molar-refractivity contribution in [1.82, 2.24) is 15.2 Å². The molecule has 0 radical (unpaired) electrons. The van der Waals surface area contributed by atoms with Gasteiger partial charge in [0.05, 0.1) is 23.3 Å². The van der Waals surface area contributed by atoms with Crippen molar-refractivity contribution in [3.05, 3.63) is 65.3 Å². The van der Waals surface area contributed by atoms with Crippen molar-refractivity contribution >= 4 is 27.9 Å². The van der Waals surface area contributed by atoms with Crippen LogP contribution in [0.1, 0.15) is 10.6 Å². The van der Waals surface area contributed by atoms with Gasteiger partial charge in [-0.3, -0.25) is 4.98 Å². The molecule has 0 unspecified atom stereocenters. The number of nitriles is 1. The number of nitrogens with zero attached hydrogens (tertiary/aromatic N) is 4. The van der Waals surface area contributed by atoms with E-state index in [-0.39, 0.29) is 5.75 Å². The molecule has 9 heteroatoms. The molecular formula is C20H13F2N5OS. The molecule has 0 aliphatic carbocycles. The normalized spacial score (nSPS) is 10.8. The van der Waals surface area contributed by atoms with E-state index in [1.165, 1.54) is 29.7 Å². The van der Waals surface area contributed by atoms with Crippen LogP contribution in [0.25, 0.3) is 21.5 Å². The zero-order valence-electron chi connectivity index (χ0n) is 14.8. The summed E-state index contributed by atoms with van der Waals surface area (Å²) in [6, 6.07) is 16.2. The summed E-state index contributed by atoms with van der Waals surface area (Å²) in [5.41, 5.74) is 2.29. The lowest BCUT2D eigenvalue weighted by Gasteiger charge is -2.11. The third kappa shape index (κ3) is 4.12. The standard InChI is InChI=1S/C20H13F2N5OS/c21-20(22)28-14-6-7-16-15(8-14)18(13(9-23)10-24-16)25-11-17-26-27-19(29-17)12-4-2-1-3-5-12/h1-8,10,20H,11H2,(H,24,25). The molecule has 0 aliphatic rings. The van der Waals surface area contributed by atoms with Gasteiger partial charge >= 0.3 is 6.61 Å². The first kappa shape index (κ1) is 18.7. The van der Waals surface area contributed by atoms with Crippen LogP contribution in [0.4, 0.5) is 14.5 Å². The fourth-order valence-electron chi connectivity index (χ4n) is 2.81. The number of pyridine rings is 1. The van der Waals surface area contributed by atoms with E-state index < -0.39 is 6.61 Å². The van der Waals surface area contributed by atoms with Crippen LogP contribution in [0.2, 0.25) is 0 Å². The summed E-state index contributed by atoms with van der Waals surface area (Å²) in [7, 11) is 0. The summed E-state index contributed by atoms with van der Waals surface area (Å²) in [6.07, 6.45) is 1.44. The first-order chi connectivity index (χ1) is 14.1. The highest BCUT2D eigenvalue weighted by Gasteiger charge is 2.13. The molecule has 0 bridgehead atoms. The number of anilines is 1. The number of alkyl halides is 2. The van der Waals surface area contributed by atoms with Crippen molar-refractivity contribution in [3.8, 4) is 22.4 Å². The van der Waals surface area contributed by atoms with Gasteiger partial charge in [-0.1, -0.05) is 41.7 Å². The Balaban J connectivity index is 1.63. The van der Waals surface area contributed by atoms with Gasteiger partial charge in [-0.25, -0.2) is 0 Å². The molecule has 4 rings (SSSR count). The van der Waals surface area contributed by atoms with Gasteiger partial charge in [0.1, 0.15) is 21.8 Å². The van der Waals surface area contributed by atoms with E-state index in [0.29, 0.717) is 28.7 Å². The number of halogens is 2. The lowest BCUT2D eigenvalue weighted by Crippen LogP contribution is -2.04. The van der Waals surface area contributed by atoms with E-state index in [1.807, 2.05) is 30.3 Å². The average molecular weight is 409 g/mol. The molecule has 2 aromatic heterocycles. The molecule has 4 aromatic rings. The quantitative estimate of drug-likeness (QED) is 0.491. The minimum absolute atomic E-state index is 0.00489. The van der Waals surface area contributed by atoms with Crippen molar-refractivity contribution in [2.75, 3.05) is 5.32 Å². The molecule has 0 saturated heterocycles. The Morgan fingerprint density at radius 2 is 1.97 bits per heavy atom. The number of aromatic nitrogens is 3. The van der Waals surface area contributed by atoms with E-state index in [4.69, 9.17) is 0 Å². The van der Waals surface area contributed by atoms with Crippen LogP contribution in [-0.4, -0.2) is 21.8 Å². The van der Waals surface area contributed by atoms with Crippen molar-refractivity contribution in [3.63, 3.8) is 0 Å². The first-order valence-corrected chi connectivity index (χ1v) is 9.35. The van der Waals surface area contributed by atoms with Crippen molar-refractivity contribution < 1.29 is 13.5 Å². The zero-order valence-corrected chi connectivity index (χ0v) is 15.7. The Bertz CT molecular complexity index is 1190. The minimum Gasteiger partial charge on any atom is -0.435 e. The summed E-state index contributed by atoms with van der Waals surface area (Å²) in [6.45, 7) is -2.62. The Morgan fingerprint density at radius 1 is 1.14 bits per heavy atom. The van der Waals surface area contributed by atoms with E-state index in [9.17, 15) is 14.0 Å². The summed E-state index contributed by atoms with van der Waals surface area (Å²) >= 11 is 1.43. The highest BCUT2D eigenvalue weighted by Crippen LogP contribution is 2.31. The lowest BCUT2D eigenvalue weighted by molar-refractivity contribution is -0.0497. The van der Waals surface area contributed by atoms with E-state index >= 15 is 0 Å².